The van der Waals surface area contributed by atoms with E-state index in [1.54, 1.807) is 18.2 Å². The van der Waals surface area contributed by atoms with Crippen molar-refractivity contribution >= 4 is 17.5 Å². The molecule has 0 aliphatic rings. The maximum absolute atomic E-state index is 12.0. The van der Waals surface area contributed by atoms with Gasteiger partial charge in [0.1, 0.15) is 0 Å². The van der Waals surface area contributed by atoms with Gasteiger partial charge < -0.3 is 20.1 Å². The Hall–Kier alpha value is -3.02. The molecule has 2 aromatic rings. The molecule has 132 valence electrons. The fourth-order valence-electron chi connectivity index (χ4n) is 2.19. The third-order valence-electron chi connectivity index (χ3n) is 3.75. The summed E-state index contributed by atoms with van der Waals surface area (Å²) in [5.41, 5.74) is 2.83. The van der Waals surface area contributed by atoms with Gasteiger partial charge in [-0.15, -0.1) is 0 Å². The summed E-state index contributed by atoms with van der Waals surface area (Å²) < 4.78 is 10.5. The molecule has 2 amide bonds. The van der Waals surface area contributed by atoms with Crippen molar-refractivity contribution in [1.29, 1.82) is 0 Å². The lowest BCUT2D eigenvalue weighted by molar-refractivity contribution is -0.125. The highest BCUT2D eigenvalue weighted by atomic mass is 16.5. The van der Waals surface area contributed by atoms with Gasteiger partial charge in [0.2, 0.25) is 5.91 Å². The molecule has 2 aromatic carbocycles. The van der Waals surface area contributed by atoms with Crippen LogP contribution >= 0.6 is 0 Å². The number of methoxy groups -OCH3 is 1. The highest BCUT2D eigenvalue weighted by Crippen LogP contribution is 2.25. The lowest BCUT2D eigenvalue weighted by atomic mass is 10.1. The molecule has 0 saturated carbocycles. The molecule has 0 saturated heterocycles. The van der Waals surface area contributed by atoms with E-state index < -0.39 is 0 Å². The molecule has 0 radical (unpaired) electrons. The van der Waals surface area contributed by atoms with Gasteiger partial charge in [-0.3, -0.25) is 9.59 Å². The predicted octanol–water partition coefficient (Wildman–Crippen LogP) is 2.45. The van der Waals surface area contributed by atoms with E-state index in [1.165, 1.54) is 7.11 Å². The fourth-order valence-corrected chi connectivity index (χ4v) is 2.19. The van der Waals surface area contributed by atoms with Crippen LogP contribution in [0.5, 0.6) is 11.5 Å². The SMILES string of the molecule is COc1ccccc1OCC(=O)NCC(=O)Nc1cccc(C)c1C. The van der Waals surface area contributed by atoms with Crippen molar-refractivity contribution in [3.05, 3.63) is 53.6 Å². The van der Waals surface area contributed by atoms with Crippen LogP contribution in [0.15, 0.2) is 42.5 Å². The summed E-state index contributed by atoms with van der Waals surface area (Å²) in [7, 11) is 1.53. The average Bonchev–Trinajstić information content (AvgIpc) is 2.62. The number of rotatable bonds is 7. The van der Waals surface area contributed by atoms with Crippen molar-refractivity contribution in [2.24, 2.45) is 0 Å². The molecule has 6 heteroatoms. The van der Waals surface area contributed by atoms with Gasteiger partial charge in [0, 0.05) is 5.69 Å². The van der Waals surface area contributed by atoms with E-state index in [1.807, 2.05) is 38.1 Å². The number of carbonyl (C=O) groups is 2. The largest absolute Gasteiger partial charge is 0.493 e. The maximum atomic E-state index is 12.0. The van der Waals surface area contributed by atoms with Gasteiger partial charge in [0.05, 0.1) is 13.7 Å². The van der Waals surface area contributed by atoms with Crippen LogP contribution in [-0.4, -0.2) is 32.1 Å². The zero-order chi connectivity index (χ0) is 18.2. The molecule has 25 heavy (non-hydrogen) atoms. The maximum Gasteiger partial charge on any atom is 0.258 e. The Labute approximate surface area is 147 Å². The van der Waals surface area contributed by atoms with Gasteiger partial charge >= 0.3 is 0 Å². The average molecular weight is 342 g/mol. The lowest BCUT2D eigenvalue weighted by Crippen LogP contribution is -2.35. The van der Waals surface area contributed by atoms with Crippen molar-refractivity contribution in [1.82, 2.24) is 5.32 Å². The molecule has 2 N–H and O–H groups in total. The van der Waals surface area contributed by atoms with Crippen LogP contribution in [0.3, 0.4) is 0 Å². The van der Waals surface area contributed by atoms with Crippen LogP contribution < -0.4 is 20.1 Å². The third kappa shape index (κ3) is 5.24. The monoisotopic (exact) mass is 342 g/mol. The van der Waals surface area contributed by atoms with Crippen LogP contribution in [0.25, 0.3) is 0 Å². The molecule has 2 rings (SSSR count). The van der Waals surface area contributed by atoms with E-state index >= 15 is 0 Å². The first-order chi connectivity index (χ1) is 12.0. The number of para-hydroxylation sites is 2. The smallest absolute Gasteiger partial charge is 0.258 e. The van der Waals surface area contributed by atoms with E-state index in [2.05, 4.69) is 10.6 Å². The van der Waals surface area contributed by atoms with E-state index in [0.29, 0.717) is 11.5 Å². The summed E-state index contributed by atoms with van der Waals surface area (Å²) >= 11 is 0. The lowest BCUT2D eigenvalue weighted by Gasteiger charge is -2.12. The summed E-state index contributed by atoms with van der Waals surface area (Å²) in [4.78, 5) is 23.8. The zero-order valence-corrected chi connectivity index (χ0v) is 14.6. The van der Waals surface area contributed by atoms with E-state index in [-0.39, 0.29) is 25.0 Å². The Kier molecular flexibility index (Phi) is 6.39. The van der Waals surface area contributed by atoms with Crippen molar-refractivity contribution in [2.45, 2.75) is 13.8 Å². The molecular formula is C19H22N2O4. The molecule has 0 unspecified atom stereocenters. The molecule has 0 aromatic heterocycles. The summed E-state index contributed by atoms with van der Waals surface area (Å²) in [5.74, 6) is 0.337. The number of hydrogen-bond donors (Lipinski definition) is 2. The van der Waals surface area contributed by atoms with Crippen LogP contribution in [0, 0.1) is 13.8 Å². The number of amides is 2. The van der Waals surface area contributed by atoms with Crippen molar-refractivity contribution < 1.29 is 19.1 Å². The minimum absolute atomic E-state index is 0.124. The number of anilines is 1. The van der Waals surface area contributed by atoms with E-state index in [0.717, 1.165) is 16.8 Å². The summed E-state index contributed by atoms with van der Waals surface area (Å²) in [6.45, 7) is 3.59. The second-order valence-electron chi connectivity index (χ2n) is 5.51. The second kappa shape index (κ2) is 8.73. The predicted molar refractivity (Wildman–Crippen MR) is 96.0 cm³/mol. The Bertz CT molecular complexity index is 759. The molecule has 0 heterocycles. The van der Waals surface area contributed by atoms with E-state index in [4.69, 9.17) is 9.47 Å². The highest BCUT2D eigenvalue weighted by molar-refractivity contribution is 5.95. The Balaban J connectivity index is 1.79. The molecule has 0 atom stereocenters. The van der Waals surface area contributed by atoms with E-state index in [9.17, 15) is 9.59 Å². The first-order valence-corrected chi connectivity index (χ1v) is 7.90. The quantitative estimate of drug-likeness (QED) is 0.810. The third-order valence-corrected chi connectivity index (χ3v) is 3.75. The number of carbonyl (C=O) groups excluding carboxylic acids is 2. The zero-order valence-electron chi connectivity index (χ0n) is 14.6. The molecule has 0 bridgehead atoms. The number of ether oxygens (including phenoxy) is 2. The van der Waals surface area contributed by atoms with Gasteiger partial charge in [-0.2, -0.15) is 0 Å². The standard InChI is InChI=1S/C19H22N2O4/c1-13-7-6-8-15(14(13)2)21-18(22)11-20-19(23)12-25-17-10-5-4-9-16(17)24-3/h4-10H,11-12H2,1-3H3,(H,20,23)(H,21,22). The van der Waals surface area contributed by atoms with Crippen LogP contribution in [0.1, 0.15) is 11.1 Å². The van der Waals surface area contributed by atoms with Crippen molar-refractivity contribution in [3.63, 3.8) is 0 Å². The minimum Gasteiger partial charge on any atom is -0.493 e. The first kappa shape index (κ1) is 18.3. The summed E-state index contributed by atoms with van der Waals surface area (Å²) in [6, 6.07) is 12.7. The molecule has 0 aliphatic carbocycles. The second-order valence-corrected chi connectivity index (χ2v) is 5.51. The van der Waals surface area contributed by atoms with Gasteiger partial charge in [-0.25, -0.2) is 0 Å². The molecule has 0 spiro atoms. The molecular weight excluding hydrogens is 320 g/mol. The number of hydrogen-bond acceptors (Lipinski definition) is 4. The molecule has 0 fully saturated rings. The van der Waals surface area contributed by atoms with Gasteiger partial charge in [-0.05, 0) is 43.2 Å². The van der Waals surface area contributed by atoms with Gasteiger partial charge in [0.15, 0.2) is 18.1 Å². The van der Waals surface area contributed by atoms with Crippen molar-refractivity contribution in [3.8, 4) is 11.5 Å². The summed E-state index contributed by atoms with van der Waals surface area (Å²) in [5, 5.41) is 5.31. The van der Waals surface area contributed by atoms with Crippen LogP contribution in [-0.2, 0) is 9.59 Å². The van der Waals surface area contributed by atoms with Gasteiger partial charge in [-0.1, -0.05) is 24.3 Å². The fraction of sp³-hybridized carbons (Fsp3) is 0.263. The van der Waals surface area contributed by atoms with Gasteiger partial charge in [0.25, 0.3) is 5.91 Å². The Morgan fingerprint density at radius 1 is 0.960 bits per heavy atom. The number of aryl methyl sites for hydroxylation is 1. The van der Waals surface area contributed by atoms with Crippen molar-refractivity contribution in [2.75, 3.05) is 25.6 Å². The molecule has 0 aliphatic heterocycles. The number of nitrogens with one attached hydrogen (secondary N) is 2. The Morgan fingerprint density at radius 3 is 2.40 bits per heavy atom. The topological polar surface area (TPSA) is 76.7 Å². The molecule has 6 nitrogen and oxygen atoms in total. The number of benzene rings is 2. The summed E-state index contributed by atoms with van der Waals surface area (Å²) in [6.07, 6.45) is 0. The normalized spacial score (nSPS) is 10.0. The Morgan fingerprint density at radius 2 is 1.68 bits per heavy atom. The minimum atomic E-state index is -0.387. The van der Waals surface area contributed by atoms with Crippen LogP contribution in [0.4, 0.5) is 5.69 Å². The van der Waals surface area contributed by atoms with Crippen LogP contribution in [0.2, 0.25) is 0 Å². The highest BCUT2D eigenvalue weighted by Gasteiger charge is 2.10. The first-order valence-electron chi connectivity index (χ1n) is 7.90.